The van der Waals surface area contributed by atoms with Crippen LogP contribution in [0.4, 0.5) is 0 Å². The van der Waals surface area contributed by atoms with Gasteiger partial charge in [-0.1, -0.05) is 71.9 Å². The number of halogens is 1. The second-order valence-electron chi connectivity index (χ2n) is 7.22. The standard InChI is InChI=1S/C23H17ClN6OS2/c1-14-17(19(24)30(27-14)16-10-6-3-7-11-16)12-18-20(25)29-22(26-21(18)31)33-28-23(29)32-13-15-8-4-2-5-9-15/h2-12,25H,13H2,1H3/b18-12-,25-20?. The number of amides is 1. The molecule has 0 fully saturated rings. The first kappa shape index (κ1) is 21.7. The molecule has 0 saturated heterocycles. The number of aryl methyl sites for hydroxylation is 1. The lowest BCUT2D eigenvalue weighted by Crippen LogP contribution is -2.41. The molecule has 5 rings (SSSR count). The van der Waals surface area contributed by atoms with Crippen molar-refractivity contribution in [2.24, 2.45) is 9.39 Å². The molecule has 10 heteroatoms. The Hall–Kier alpha value is -3.14. The molecule has 164 valence electrons. The van der Waals surface area contributed by atoms with Crippen LogP contribution < -0.4 is 0 Å². The third-order valence-corrected chi connectivity index (χ3v) is 7.23. The van der Waals surface area contributed by atoms with Crippen LogP contribution in [0.1, 0.15) is 16.8 Å². The molecular formula is C23H17ClN6OS2. The number of carbonyl (C=O) groups is 1. The zero-order valence-electron chi connectivity index (χ0n) is 17.4. The minimum atomic E-state index is -0.494. The molecule has 0 saturated carbocycles. The van der Waals surface area contributed by atoms with Crippen LogP contribution in [0, 0.1) is 12.3 Å². The van der Waals surface area contributed by atoms with Crippen LogP contribution in [0.25, 0.3) is 11.8 Å². The summed E-state index contributed by atoms with van der Waals surface area (Å²) >= 11 is 9.23. The number of fused-ring (bicyclic) bond motifs is 1. The van der Waals surface area contributed by atoms with E-state index in [4.69, 9.17) is 17.0 Å². The van der Waals surface area contributed by atoms with Crippen LogP contribution in [0.2, 0.25) is 5.15 Å². The average Bonchev–Trinajstić information content (AvgIpc) is 3.36. The van der Waals surface area contributed by atoms with Gasteiger partial charge < -0.3 is 0 Å². The lowest BCUT2D eigenvalue weighted by atomic mass is 10.1. The van der Waals surface area contributed by atoms with Gasteiger partial charge in [0, 0.05) is 11.3 Å². The molecule has 2 aliphatic rings. The van der Waals surface area contributed by atoms with Gasteiger partial charge in [0.25, 0.3) is 5.91 Å². The van der Waals surface area contributed by atoms with Crippen LogP contribution >= 0.6 is 35.3 Å². The summed E-state index contributed by atoms with van der Waals surface area (Å²) in [6.07, 6.45) is 1.59. The molecule has 0 radical (unpaired) electrons. The molecule has 2 aliphatic heterocycles. The van der Waals surface area contributed by atoms with E-state index in [9.17, 15) is 4.79 Å². The van der Waals surface area contributed by atoms with E-state index in [1.165, 1.54) is 11.8 Å². The zero-order chi connectivity index (χ0) is 22.9. The van der Waals surface area contributed by atoms with Gasteiger partial charge in [-0.2, -0.15) is 14.5 Å². The molecule has 33 heavy (non-hydrogen) atoms. The Labute approximate surface area is 203 Å². The minimum absolute atomic E-state index is 0.0252. The molecule has 2 aromatic carbocycles. The number of para-hydroxylation sites is 1. The van der Waals surface area contributed by atoms with Crippen molar-refractivity contribution in [1.29, 1.82) is 5.41 Å². The summed E-state index contributed by atoms with van der Waals surface area (Å²) in [6, 6.07) is 19.5. The number of amidine groups is 3. The molecule has 0 spiro atoms. The van der Waals surface area contributed by atoms with E-state index in [-0.39, 0.29) is 11.4 Å². The van der Waals surface area contributed by atoms with Crippen molar-refractivity contribution in [2.45, 2.75) is 12.7 Å². The van der Waals surface area contributed by atoms with Crippen LogP contribution in [-0.4, -0.2) is 36.8 Å². The normalized spacial score (nSPS) is 16.8. The number of nitrogens with zero attached hydrogens (tertiary/aromatic N) is 5. The topological polar surface area (TPSA) is 86.7 Å². The first-order chi connectivity index (χ1) is 16.0. The van der Waals surface area contributed by atoms with Crippen LogP contribution in [-0.2, 0) is 10.5 Å². The number of aromatic nitrogens is 2. The Balaban J connectivity index is 1.45. The SMILES string of the molecule is Cc1nn(-c2ccccc2)c(Cl)c1/C=C1/C(=N)N2C(SCc3ccccc3)=NSC2=NC1=O. The summed E-state index contributed by atoms with van der Waals surface area (Å²) in [4.78, 5) is 18.5. The number of carbonyl (C=O) groups excluding carboxylic acids is 1. The van der Waals surface area contributed by atoms with Gasteiger partial charge in [0.2, 0.25) is 5.17 Å². The first-order valence-corrected chi connectivity index (χ1v) is 12.1. The van der Waals surface area contributed by atoms with Crippen molar-refractivity contribution < 1.29 is 4.79 Å². The maximum absolute atomic E-state index is 12.8. The van der Waals surface area contributed by atoms with Gasteiger partial charge in [-0.3, -0.25) is 10.2 Å². The zero-order valence-corrected chi connectivity index (χ0v) is 19.8. The molecule has 3 aromatic rings. The van der Waals surface area contributed by atoms with Gasteiger partial charge in [-0.05, 0) is 30.7 Å². The van der Waals surface area contributed by atoms with E-state index >= 15 is 0 Å². The third-order valence-electron chi connectivity index (χ3n) is 5.04. The second-order valence-corrected chi connectivity index (χ2v) is 9.25. The highest BCUT2D eigenvalue weighted by Gasteiger charge is 2.37. The fourth-order valence-corrected chi connectivity index (χ4v) is 5.50. The van der Waals surface area contributed by atoms with Gasteiger partial charge in [0.15, 0.2) is 5.17 Å². The van der Waals surface area contributed by atoms with Crippen molar-refractivity contribution in [3.63, 3.8) is 0 Å². The summed E-state index contributed by atoms with van der Waals surface area (Å²) < 4.78 is 6.04. The van der Waals surface area contributed by atoms with E-state index in [0.29, 0.717) is 32.5 Å². The number of hydrogen-bond acceptors (Lipinski definition) is 6. The monoisotopic (exact) mass is 492 g/mol. The molecular weight excluding hydrogens is 476 g/mol. The van der Waals surface area contributed by atoms with E-state index in [0.717, 1.165) is 23.2 Å². The number of benzene rings is 2. The van der Waals surface area contributed by atoms with Gasteiger partial charge in [0.1, 0.15) is 11.0 Å². The Bertz CT molecular complexity index is 1350. The van der Waals surface area contributed by atoms with E-state index in [2.05, 4.69) is 14.5 Å². The Morgan fingerprint density at radius 3 is 2.55 bits per heavy atom. The number of thioether (sulfide) groups is 1. The lowest BCUT2D eigenvalue weighted by molar-refractivity contribution is -0.114. The van der Waals surface area contributed by atoms with Crippen molar-refractivity contribution in [2.75, 3.05) is 0 Å². The summed E-state index contributed by atoms with van der Waals surface area (Å²) in [7, 11) is 0. The number of hydrogen-bond donors (Lipinski definition) is 1. The minimum Gasteiger partial charge on any atom is -0.283 e. The second kappa shape index (κ2) is 9.01. The highest BCUT2D eigenvalue weighted by molar-refractivity contribution is 8.18. The third kappa shape index (κ3) is 4.15. The maximum Gasteiger partial charge on any atom is 0.283 e. The number of aliphatic imine (C=N–C) groups is 1. The van der Waals surface area contributed by atoms with Gasteiger partial charge in [-0.15, -0.1) is 0 Å². The Morgan fingerprint density at radius 2 is 1.82 bits per heavy atom. The largest absolute Gasteiger partial charge is 0.283 e. The smallest absolute Gasteiger partial charge is 0.283 e. The van der Waals surface area contributed by atoms with Crippen LogP contribution in [0.15, 0.2) is 75.6 Å². The Kier molecular flexibility index (Phi) is 5.92. The van der Waals surface area contributed by atoms with Gasteiger partial charge in [-0.25, -0.2) is 9.58 Å². The highest BCUT2D eigenvalue weighted by Crippen LogP contribution is 2.34. The first-order valence-electron chi connectivity index (χ1n) is 9.99. The molecule has 1 aromatic heterocycles. The van der Waals surface area contributed by atoms with Gasteiger partial charge in [0.05, 0.1) is 28.9 Å². The fraction of sp³-hybridized carbons (Fsp3) is 0.0870. The molecule has 1 amide bonds. The van der Waals surface area contributed by atoms with Crippen molar-refractivity contribution in [3.05, 3.63) is 88.2 Å². The van der Waals surface area contributed by atoms with Crippen molar-refractivity contribution in [1.82, 2.24) is 14.7 Å². The van der Waals surface area contributed by atoms with E-state index < -0.39 is 5.91 Å². The molecule has 0 bridgehead atoms. The molecule has 0 atom stereocenters. The fourth-order valence-electron chi connectivity index (χ4n) is 3.38. The summed E-state index contributed by atoms with van der Waals surface area (Å²) in [5.74, 6) is 0.224. The number of nitrogens with one attached hydrogen (secondary N) is 1. The highest BCUT2D eigenvalue weighted by atomic mass is 35.5. The van der Waals surface area contributed by atoms with E-state index in [1.54, 1.807) is 15.7 Å². The lowest BCUT2D eigenvalue weighted by Gasteiger charge is -2.24. The predicted molar refractivity (Wildman–Crippen MR) is 136 cm³/mol. The Morgan fingerprint density at radius 1 is 1.12 bits per heavy atom. The van der Waals surface area contributed by atoms with Crippen molar-refractivity contribution >= 4 is 63.5 Å². The average molecular weight is 493 g/mol. The molecule has 7 nitrogen and oxygen atoms in total. The summed E-state index contributed by atoms with van der Waals surface area (Å²) in [5, 5.41) is 14.6. The number of rotatable bonds is 4. The van der Waals surface area contributed by atoms with Crippen LogP contribution in [0.5, 0.6) is 0 Å². The van der Waals surface area contributed by atoms with Gasteiger partial charge >= 0.3 is 0 Å². The van der Waals surface area contributed by atoms with Crippen molar-refractivity contribution in [3.8, 4) is 5.69 Å². The summed E-state index contributed by atoms with van der Waals surface area (Å²) in [5.41, 5.74) is 3.33. The molecule has 0 unspecified atom stereocenters. The predicted octanol–water partition coefficient (Wildman–Crippen LogP) is 5.34. The molecule has 0 aliphatic carbocycles. The van der Waals surface area contributed by atoms with Crippen LogP contribution in [0.3, 0.4) is 0 Å². The molecule has 3 heterocycles. The maximum atomic E-state index is 12.8. The van der Waals surface area contributed by atoms with E-state index in [1.807, 2.05) is 67.6 Å². The summed E-state index contributed by atoms with van der Waals surface area (Å²) in [6.45, 7) is 1.82. The quantitative estimate of drug-likeness (QED) is 0.392. The molecule has 1 N–H and O–H groups in total.